The number of rotatable bonds is 2. The molecule has 24 heavy (non-hydrogen) atoms. The first kappa shape index (κ1) is 14.6. The van der Waals surface area contributed by atoms with Gasteiger partial charge in [-0.25, -0.2) is 9.07 Å². The molecule has 0 saturated heterocycles. The fourth-order valence-electron chi connectivity index (χ4n) is 3.42. The van der Waals surface area contributed by atoms with Crippen molar-refractivity contribution >= 4 is 17.5 Å². The molecule has 1 aliphatic carbocycles. The van der Waals surface area contributed by atoms with Crippen molar-refractivity contribution in [3.63, 3.8) is 0 Å². The predicted molar refractivity (Wildman–Crippen MR) is 84.8 cm³/mol. The summed E-state index contributed by atoms with van der Waals surface area (Å²) in [4.78, 5) is 24.2. The Kier molecular flexibility index (Phi) is 3.23. The molecule has 0 bridgehead atoms. The Morgan fingerprint density at radius 1 is 1.33 bits per heavy atom. The number of ketones is 1. The molecule has 0 unspecified atom stereocenters. The Labute approximate surface area is 137 Å². The number of carbonyl (C=O) groups excluding carboxylic acids is 2. The van der Waals surface area contributed by atoms with E-state index in [9.17, 15) is 14.0 Å². The van der Waals surface area contributed by atoms with E-state index in [1.807, 2.05) is 0 Å². The standard InChI is InChI=1S/C17H15FN4O2/c18-11-5-2-1-4-9(11)15-14-12(6-3-7-13(14)23)21-17-10(16(19)24)8-20-22(15)17/h1-2,4-5,8,15,21H,3,6-7H2,(H2,19,24)/t15-/m0/s1. The van der Waals surface area contributed by atoms with E-state index in [1.165, 1.54) is 16.9 Å². The molecule has 0 fully saturated rings. The highest BCUT2D eigenvalue weighted by Crippen LogP contribution is 2.41. The number of aromatic nitrogens is 2. The third-order valence-electron chi connectivity index (χ3n) is 4.50. The molecular weight excluding hydrogens is 311 g/mol. The van der Waals surface area contributed by atoms with Crippen molar-refractivity contribution in [1.29, 1.82) is 0 Å². The van der Waals surface area contributed by atoms with Gasteiger partial charge in [-0.15, -0.1) is 0 Å². The van der Waals surface area contributed by atoms with Crippen LogP contribution < -0.4 is 11.1 Å². The fourth-order valence-corrected chi connectivity index (χ4v) is 3.42. The number of benzene rings is 1. The Hall–Kier alpha value is -2.96. The normalized spacial score (nSPS) is 19.5. The van der Waals surface area contributed by atoms with Crippen LogP contribution in [0.5, 0.6) is 0 Å². The summed E-state index contributed by atoms with van der Waals surface area (Å²) < 4.78 is 15.9. The molecular formula is C17H15FN4O2. The van der Waals surface area contributed by atoms with Gasteiger partial charge in [-0.3, -0.25) is 9.59 Å². The van der Waals surface area contributed by atoms with Crippen molar-refractivity contribution in [2.45, 2.75) is 25.3 Å². The number of primary amides is 1. The van der Waals surface area contributed by atoms with E-state index in [4.69, 9.17) is 5.73 Å². The van der Waals surface area contributed by atoms with Crippen molar-refractivity contribution in [1.82, 2.24) is 9.78 Å². The van der Waals surface area contributed by atoms with Crippen molar-refractivity contribution in [2.24, 2.45) is 5.73 Å². The third-order valence-corrected chi connectivity index (χ3v) is 4.50. The molecule has 7 heteroatoms. The zero-order chi connectivity index (χ0) is 16.8. The van der Waals surface area contributed by atoms with E-state index < -0.39 is 17.8 Å². The Balaban J connectivity index is 1.98. The van der Waals surface area contributed by atoms with Crippen LogP contribution in [0.2, 0.25) is 0 Å². The lowest BCUT2D eigenvalue weighted by atomic mass is 9.85. The van der Waals surface area contributed by atoms with Crippen LogP contribution >= 0.6 is 0 Å². The summed E-state index contributed by atoms with van der Waals surface area (Å²) in [7, 11) is 0. The molecule has 1 aliphatic heterocycles. The van der Waals surface area contributed by atoms with Crippen molar-refractivity contribution in [2.75, 3.05) is 5.32 Å². The van der Waals surface area contributed by atoms with Crippen molar-refractivity contribution in [3.8, 4) is 0 Å². The summed E-state index contributed by atoms with van der Waals surface area (Å²) in [6.45, 7) is 0. The van der Waals surface area contributed by atoms with Gasteiger partial charge in [0.15, 0.2) is 5.78 Å². The first-order valence-electron chi connectivity index (χ1n) is 7.73. The fraction of sp³-hybridized carbons (Fsp3) is 0.235. The van der Waals surface area contributed by atoms with Gasteiger partial charge < -0.3 is 11.1 Å². The molecule has 4 rings (SSSR count). The average Bonchev–Trinajstić information content (AvgIpc) is 2.98. The number of carbonyl (C=O) groups is 2. The molecule has 2 aromatic rings. The van der Waals surface area contributed by atoms with E-state index in [2.05, 4.69) is 10.4 Å². The van der Waals surface area contributed by atoms with Gasteiger partial charge in [0.25, 0.3) is 5.91 Å². The van der Waals surface area contributed by atoms with E-state index >= 15 is 0 Å². The number of nitrogens with zero attached hydrogens (tertiary/aromatic N) is 2. The molecule has 0 saturated carbocycles. The van der Waals surface area contributed by atoms with Crippen molar-refractivity contribution < 1.29 is 14.0 Å². The minimum Gasteiger partial charge on any atom is -0.365 e. The number of nitrogens with one attached hydrogen (secondary N) is 1. The van der Waals surface area contributed by atoms with Crippen molar-refractivity contribution in [3.05, 3.63) is 58.7 Å². The molecule has 0 spiro atoms. The summed E-state index contributed by atoms with van der Waals surface area (Å²) in [5.41, 5.74) is 7.20. The van der Waals surface area contributed by atoms with Crippen LogP contribution in [0.3, 0.4) is 0 Å². The monoisotopic (exact) mass is 326 g/mol. The number of nitrogens with two attached hydrogens (primary N) is 1. The zero-order valence-electron chi connectivity index (χ0n) is 12.8. The zero-order valence-corrected chi connectivity index (χ0v) is 12.8. The first-order chi connectivity index (χ1) is 11.6. The summed E-state index contributed by atoms with van der Waals surface area (Å²) in [6.07, 6.45) is 3.15. The molecule has 1 aromatic carbocycles. The van der Waals surface area contributed by atoms with Gasteiger partial charge in [-0.05, 0) is 18.9 Å². The first-order valence-corrected chi connectivity index (χ1v) is 7.73. The van der Waals surface area contributed by atoms with Gasteiger partial charge in [-0.1, -0.05) is 18.2 Å². The van der Waals surface area contributed by atoms with E-state index in [0.29, 0.717) is 36.2 Å². The Morgan fingerprint density at radius 3 is 2.88 bits per heavy atom. The molecule has 1 amide bonds. The van der Waals surface area contributed by atoms with E-state index in [1.54, 1.807) is 18.2 Å². The van der Waals surface area contributed by atoms with Crippen LogP contribution in [0.15, 0.2) is 41.7 Å². The Morgan fingerprint density at radius 2 is 2.12 bits per heavy atom. The molecule has 2 heterocycles. The number of Topliss-reactive ketones (excluding diaryl/α,β-unsaturated/α-hetero) is 1. The van der Waals surface area contributed by atoms with E-state index in [0.717, 1.165) is 5.70 Å². The summed E-state index contributed by atoms with van der Waals surface area (Å²) >= 11 is 0. The van der Waals surface area contributed by atoms with Crippen LogP contribution in [-0.4, -0.2) is 21.5 Å². The largest absolute Gasteiger partial charge is 0.365 e. The average molecular weight is 326 g/mol. The minimum absolute atomic E-state index is 0.0289. The van der Waals surface area contributed by atoms with Crippen LogP contribution in [-0.2, 0) is 4.79 Å². The summed E-state index contributed by atoms with van der Waals surface area (Å²) in [6, 6.07) is 5.59. The predicted octanol–water partition coefficient (Wildman–Crippen LogP) is 2.14. The molecule has 6 nitrogen and oxygen atoms in total. The molecule has 1 aromatic heterocycles. The Bertz CT molecular complexity index is 900. The second-order valence-electron chi connectivity index (χ2n) is 5.93. The molecule has 0 radical (unpaired) electrons. The highest BCUT2D eigenvalue weighted by atomic mass is 19.1. The lowest BCUT2D eigenvalue weighted by molar-refractivity contribution is -0.116. The van der Waals surface area contributed by atoms with Gasteiger partial charge in [-0.2, -0.15) is 5.10 Å². The second-order valence-corrected chi connectivity index (χ2v) is 5.93. The summed E-state index contributed by atoms with van der Waals surface area (Å²) in [5, 5.41) is 7.32. The third kappa shape index (κ3) is 2.05. The molecule has 122 valence electrons. The highest BCUT2D eigenvalue weighted by Gasteiger charge is 2.38. The van der Waals surface area contributed by atoms with Crippen LogP contribution in [0.4, 0.5) is 10.2 Å². The number of hydrogen-bond acceptors (Lipinski definition) is 4. The number of allylic oxidation sites excluding steroid dienone is 2. The number of hydrogen-bond donors (Lipinski definition) is 2. The van der Waals surface area contributed by atoms with Crippen LogP contribution in [0, 0.1) is 5.82 Å². The quantitative estimate of drug-likeness (QED) is 0.885. The molecule has 3 N–H and O–H groups in total. The van der Waals surface area contributed by atoms with Crippen LogP contribution in [0.25, 0.3) is 0 Å². The maximum absolute atomic E-state index is 14.4. The smallest absolute Gasteiger partial charge is 0.254 e. The highest BCUT2D eigenvalue weighted by molar-refractivity contribution is 6.02. The van der Waals surface area contributed by atoms with Gasteiger partial charge in [0, 0.05) is 23.3 Å². The summed E-state index contributed by atoms with van der Waals surface area (Å²) in [5.74, 6) is -0.665. The number of amides is 1. The second kappa shape index (κ2) is 5.30. The topological polar surface area (TPSA) is 90.0 Å². The van der Waals surface area contributed by atoms with Crippen LogP contribution in [0.1, 0.15) is 41.2 Å². The number of halogens is 1. The minimum atomic E-state index is -0.696. The van der Waals surface area contributed by atoms with Gasteiger partial charge in [0.1, 0.15) is 23.2 Å². The lowest BCUT2D eigenvalue weighted by Gasteiger charge is -2.33. The SMILES string of the molecule is NC(=O)c1cnn2c1NC1=C(C(=O)CCC1)[C@@H]2c1ccccc1F. The maximum Gasteiger partial charge on any atom is 0.254 e. The lowest BCUT2D eigenvalue weighted by Crippen LogP contribution is -2.32. The van der Waals surface area contributed by atoms with Gasteiger partial charge in [0.05, 0.1) is 6.20 Å². The number of anilines is 1. The van der Waals surface area contributed by atoms with Gasteiger partial charge >= 0.3 is 0 Å². The molecule has 2 aliphatic rings. The number of fused-ring (bicyclic) bond motifs is 1. The van der Waals surface area contributed by atoms with E-state index in [-0.39, 0.29) is 11.3 Å². The maximum atomic E-state index is 14.4. The van der Waals surface area contributed by atoms with Gasteiger partial charge in [0.2, 0.25) is 0 Å². The molecule has 1 atom stereocenters.